The SMILES string of the molecule is CNC(c1ccc2c(c1)CCN2C)c1nc(C)cs1. The smallest absolute Gasteiger partial charge is 0.114 e. The molecule has 1 aliphatic rings. The quantitative estimate of drug-likeness (QED) is 0.932. The van der Waals surface area contributed by atoms with Crippen LogP contribution in [0.5, 0.6) is 0 Å². The van der Waals surface area contributed by atoms with Gasteiger partial charge < -0.3 is 10.2 Å². The Morgan fingerprint density at radius 3 is 2.95 bits per heavy atom. The van der Waals surface area contributed by atoms with Gasteiger partial charge in [0.05, 0.1) is 6.04 Å². The van der Waals surface area contributed by atoms with Crippen molar-refractivity contribution in [1.29, 1.82) is 0 Å². The van der Waals surface area contributed by atoms with Crippen LogP contribution in [0.4, 0.5) is 5.69 Å². The predicted molar refractivity (Wildman–Crippen MR) is 81.2 cm³/mol. The molecule has 0 radical (unpaired) electrons. The molecule has 19 heavy (non-hydrogen) atoms. The molecule has 100 valence electrons. The molecule has 0 spiro atoms. The lowest BCUT2D eigenvalue weighted by Crippen LogP contribution is -2.17. The maximum atomic E-state index is 4.61. The standard InChI is InChI=1S/C15H19N3S/c1-10-9-19-15(17-10)14(16-2)12-4-5-13-11(8-12)6-7-18(13)3/h4-5,8-9,14,16H,6-7H2,1-3H3. The number of benzene rings is 1. The number of anilines is 1. The van der Waals surface area contributed by atoms with Crippen LogP contribution in [0.1, 0.15) is 27.9 Å². The Labute approximate surface area is 118 Å². The fourth-order valence-corrected chi connectivity index (χ4v) is 3.63. The molecule has 1 N–H and O–H groups in total. The zero-order valence-corrected chi connectivity index (χ0v) is 12.4. The average molecular weight is 273 g/mol. The van der Waals surface area contributed by atoms with E-state index in [2.05, 4.69) is 45.8 Å². The highest BCUT2D eigenvalue weighted by Crippen LogP contribution is 2.32. The molecule has 1 atom stereocenters. The van der Waals surface area contributed by atoms with Crippen LogP contribution in [-0.4, -0.2) is 25.6 Å². The fourth-order valence-electron chi connectivity index (χ4n) is 2.70. The number of fused-ring (bicyclic) bond motifs is 1. The molecule has 3 nitrogen and oxygen atoms in total. The van der Waals surface area contributed by atoms with Crippen molar-refractivity contribution in [2.45, 2.75) is 19.4 Å². The highest BCUT2D eigenvalue weighted by molar-refractivity contribution is 7.09. The molecular weight excluding hydrogens is 254 g/mol. The van der Waals surface area contributed by atoms with Crippen LogP contribution in [0.15, 0.2) is 23.6 Å². The first-order valence-electron chi connectivity index (χ1n) is 6.62. The molecule has 3 rings (SSSR count). The number of rotatable bonds is 3. The zero-order chi connectivity index (χ0) is 13.4. The average Bonchev–Trinajstić information content (AvgIpc) is 2.98. The Bertz CT molecular complexity index is 591. The third-order valence-electron chi connectivity index (χ3n) is 3.74. The van der Waals surface area contributed by atoms with Crippen molar-refractivity contribution in [2.75, 3.05) is 25.5 Å². The van der Waals surface area contributed by atoms with Crippen LogP contribution in [0.25, 0.3) is 0 Å². The molecule has 1 unspecified atom stereocenters. The van der Waals surface area contributed by atoms with Crippen LogP contribution in [-0.2, 0) is 6.42 Å². The molecule has 0 bridgehead atoms. The van der Waals surface area contributed by atoms with Crippen LogP contribution in [0.3, 0.4) is 0 Å². The molecule has 1 aromatic heterocycles. The van der Waals surface area contributed by atoms with Gasteiger partial charge in [0.1, 0.15) is 5.01 Å². The molecule has 0 saturated carbocycles. The van der Waals surface area contributed by atoms with Crippen molar-refractivity contribution in [3.63, 3.8) is 0 Å². The van der Waals surface area contributed by atoms with Crippen LogP contribution in [0, 0.1) is 6.92 Å². The summed E-state index contributed by atoms with van der Waals surface area (Å²) in [5.74, 6) is 0. The van der Waals surface area contributed by atoms with Gasteiger partial charge in [-0.15, -0.1) is 11.3 Å². The van der Waals surface area contributed by atoms with E-state index in [0.717, 1.165) is 23.7 Å². The van der Waals surface area contributed by atoms with Crippen molar-refractivity contribution < 1.29 is 0 Å². The maximum Gasteiger partial charge on any atom is 0.114 e. The van der Waals surface area contributed by atoms with E-state index in [-0.39, 0.29) is 6.04 Å². The summed E-state index contributed by atoms with van der Waals surface area (Å²) in [6.07, 6.45) is 1.15. The van der Waals surface area contributed by atoms with Crippen molar-refractivity contribution in [3.8, 4) is 0 Å². The largest absolute Gasteiger partial charge is 0.374 e. The number of nitrogens with one attached hydrogen (secondary N) is 1. The molecule has 2 aromatic rings. The summed E-state index contributed by atoms with van der Waals surface area (Å²) in [7, 11) is 4.16. The van der Waals surface area contributed by atoms with Crippen molar-refractivity contribution in [3.05, 3.63) is 45.4 Å². The number of hydrogen-bond acceptors (Lipinski definition) is 4. The molecule has 0 amide bonds. The van der Waals surface area contributed by atoms with Gasteiger partial charge in [0, 0.05) is 30.4 Å². The minimum atomic E-state index is 0.204. The summed E-state index contributed by atoms with van der Waals surface area (Å²) < 4.78 is 0. The van der Waals surface area contributed by atoms with Gasteiger partial charge in [0.15, 0.2) is 0 Å². The first kappa shape index (κ1) is 12.6. The van der Waals surface area contributed by atoms with Crippen molar-refractivity contribution in [2.24, 2.45) is 0 Å². The second kappa shape index (κ2) is 4.94. The molecule has 1 aromatic carbocycles. The molecule has 1 aliphatic heterocycles. The van der Waals surface area contributed by atoms with Crippen molar-refractivity contribution in [1.82, 2.24) is 10.3 Å². The summed E-state index contributed by atoms with van der Waals surface area (Å²) in [5.41, 5.74) is 5.23. The highest BCUT2D eigenvalue weighted by atomic mass is 32.1. The molecule has 0 fully saturated rings. The second-order valence-electron chi connectivity index (χ2n) is 5.11. The number of likely N-dealkylation sites (N-methyl/N-ethyl adjacent to an activating group) is 1. The van der Waals surface area contributed by atoms with Gasteiger partial charge in [-0.25, -0.2) is 4.98 Å². The third-order valence-corrected chi connectivity index (χ3v) is 4.76. The van der Waals surface area contributed by atoms with Gasteiger partial charge in [0.2, 0.25) is 0 Å². The maximum absolute atomic E-state index is 4.61. The molecule has 4 heteroatoms. The van der Waals surface area contributed by atoms with Gasteiger partial charge in [-0.2, -0.15) is 0 Å². The van der Waals surface area contributed by atoms with Crippen LogP contribution in [0.2, 0.25) is 0 Å². The zero-order valence-electron chi connectivity index (χ0n) is 11.6. The Kier molecular flexibility index (Phi) is 3.29. The number of aryl methyl sites for hydroxylation is 1. The van der Waals surface area contributed by atoms with Crippen LogP contribution >= 0.6 is 11.3 Å². The Hall–Kier alpha value is -1.39. The first-order valence-corrected chi connectivity index (χ1v) is 7.50. The van der Waals surface area contributed by atoms with E-state index in [1.807, 2.05) is 14.0 Å². The Morgan fingerprint density at radius 2 is 2.26 bits per heavy atom. The van der Waals surface area contributed by atoms with E-state index in [9.17, 15) is 0 Å². The summed E-state index contributed by atoms with van der Waals surface area (Å²) >= 11 is 1.73. The minimum Gasteiger partial charge on any atom is -0.374 e. The summed E-state index contributed by atoms with van der Waals surface area (Å²) in [5, 5.41) is 6.64. The van der Waals surface area contributed by atoms with Crippen LogP contribution < -0.4 is 10.2 Å². The summed E-state index contributed by atoms with van der Waals surface area (Å²) in [4.78, 5) is 6.93. The molecule has 0 aliphatic carbocycles. The van der Waals surface area contributed by atoms with E-state index < -0.39 is 0 Å². The number of aromatic nitrogens is 1. The van der Waals surface area contributed by atoms with E-state index in [4.69, 9.17) is 0 Å². The van der Waals surface area contributed by atoms with Gasteiger partial charge >= 0.3 is 0 Å². The Morgan fingerprint density at radius 1 is 1.42 bits per heavy atom. The molecule has 0 saturated heterocycles. The van der Waals surface area contributed by atoms with E-state index >= 15 is 0 Å². The van der Waals surface area contributed by atoms with Gasteiger partial charge in [0.25, 0.3) is 0 Å². The second-order valence-corrected chi connectivity index (χ2v) is 6.00. The summed E-state index contributed by atoms with van der Waals surface area (Å²) in [6.45, 7) is 3.17. The van der Waals surface area contributed by atoms with E-state index in [0.29, 0.717) is 0 Å². The van der Waals surface area contributed by atoms with Gasteiger partial charge in [-0.3, -0.25) is 0 Å². The predicted octanol–water partition coefficient (Wildman–Crippen LogP) is 2.75. The normalized spacial score (nSPS) is 15.6. The van der Waals surface area contributed by atoms with Gasteiger partial charge in [-0.1, -0.05) is 12.1 Å². The molecule has 2 heterocycles. The number of hydrogen-bond donors (Lipinski definition) is 1. The lowest BCUT2D eigenvalue weighted by atomic mass is 10.0. The van der Waals surface area contributed by atoms with Crippen molar-refractivity contribution >= 4 is 17.0 Å². The summed E-state index contributed by atoms with van der Waals surface area (Å²) in [6, 6.07) is 6.99. The third kappa shape index (κ3) is 2.26. The minimum absolute atomic E-state index is 0.204. The lowest BCUT2D eigenvalue weighted by Gasteiger charge is -2.17. The van der Waals surface area contributed by atoms with E-state index in [1.165, 1.54) is 16.8 Å². The van der Waals surface area contributed by atoms with E-state index in [1.54, 1.807) is 11.3 Å². The monoisotopic (exact) mass is 273 g/mol. The van der Waals surface area contributed by atoms with Gasteiger partial charge in [-0.05, 0) is 37.6 Å². The number of nitrogens with zero attached hydrogens (tertiary/aromatic N) is 2. The molecular formula is C15H19N3S. The Balaban J connectivity index is 1.96. The fraction of sp³-hybridized carbons (Fsp3) is 0.400. The topological polar surface area (TPSA) is 28.2 Å². The highest BCUT2D eigenvalue weighted by Gasteiger charge is 2.20. The lowest BCUT2D eigenvalue weighted by molar-refractivity contribution is 0.684. The first-order chi connectivity index (χ1) is 9.19. The number of thiazole rings is 1.